The van der Waals surface area contributed by atoms with E-state index in [4.69, 9.17) is 19.5 Å². The largest absolute Gasteiger partial charge is 0.493 e. The maximum atomic E-state index is 11.8. The fourth-order valence-corrected chi connectivity index (χ4v) is 1.82. The second-order valence-electron chi connectivity index (χ2n) is 4.56. The lowest BCUT2D eigenvalue weighted by molar-refractivity contribution is -0.136. The van der Waals surface area contributed by atoms with Gasteiger partial charge in [0.1, 0.15) is 5.75 Å². The number of nitrogens with zero attached hydrogens (tertiary/aromatic N) is 1. The molecule has 0 radical (unpaired) electrons. The van der Waals surface area contributed by atoms with E-state index in [0.29, 0.717) is 17.1 Å². The van der Waals surface area contributed by atoms with Gasteiger partial charge in [-0.2, -0.15) is 5.26 Å². The molecule has 0 N–H and O–H groups in total. The number of ether oxygens (including phenoxy) is 3. The van der Waals surface area contributed by atoms with E-state index in [9.17, 15) is 4.79 Å². The number of rotatable bonds is 5. The van der Waals surface area contributed by atoms with E-state index < -0.39 is 5.97 Å². The van der Waals surface area contributed by atoms with Gasteiger partial charge in [-0.05, 0) is 36.8 Å². The Labute approximate surface area is 128 Å². The highest BCUT2D eigenvalue weighted by molar-refractivity contribution is 5.75. The lowest BCUT2D eigenvalue weighted by Gasteiger charge is -2.10. The van der Waals surface area contributed by atoms with Crippen molar-refractivity contribution in [1.82, 2.24) is 0 Å². The van der Waals surface area contributed by atoms with Crippen LogP contribution < -0.4 is 14.2 Å². The van der Waals surface area contributed by atoms with Crippen LogP contribution in [-0.4, -0.2) is 19.7 Å². The van der Waals surface area contributed by atoms with Crippen LogP contribution in [0.15, 0.2) is 42.5 Å². The molecule has 0 aliphatic carbocycles. The van der Waals surface area contributed by atoms with E-state index in [2.05, 4.69) is 0 Å². The van der Waals surface area contributed by atoms with E-state index in [-0.39, 0.29) is 12.4 Å². The van der Waals surface area contributed by atoms with Gasteiger partial charge >= 0.3 is 5.97 Å². The summed E-state index contributed by atoms with van der Waals surface area (Å²) in [7, 11) is 1.44. The van der Waals surface area contributed by atoms with Gasteiger partial charge in [-0.1, -0.05) is 12.1 Å². The number of nitriles is 1. The summed E-state index contributed by atoms with van der Waals surface area (Å²) in [6, 6.07) is 13.9. The van der Waals surface area contributed by atoms with Gasteiger partial charge in [0.2, 0.25) is 0 Å². The number of hydrogen-bond acceptors (Lipinski definition) is 5. The summed E-state index contributed by atoms with van der Waals surface area (Å²) in [6.07, 6.45) is 0. The van der Waals surface area contributed by atoms with Crippen LogP contribution in [0.5, 0.6) is 17.2 Å². The van der Waals surface area contributed by atoms with Crippen LogP contribution in [0.1, 0.15) is 11.1 Å². The fraction of sp³-hybridized carbons (Fsp3) is 0.176. The standard InChI is InChI=1S/C17H15NO4/c1-12-4-3-5-14(8-12)21-11-17(19)22-15-7-6-13(10-18)9-16(15)20-2/h3-9H,11H2,1-2H3. The molecule has 22 heavy (non-hydrogen) atoms. The molecule has 0 spiro atoms. The van der Waals surface area contributed by atoms with Crippen molar-refractivity contribution in [3.63, 3.8) is 0 Å². The zero-order chi connectivity index (χ0) is 15.9. The number of esters is 1. The van der Waals surface area contributed by atoms with E-state index in [0.717, 1.165) is 5.56 Å². The second kappa shape index (κ2) is 7.14. The molecule has 5 heteroatoms. The Balaban J connectivity index is 1.99. The maximum absolute atomic E-state index is 11.8. The Hall–Kier alpha value is -3.00. The van der Waals surface area contributed by atoms with Crippen molar-refractivity contribution in [2.45, 2.75) is 6.92 Å². The van der Waals surface area contributed by atoms with E-state index in [1.54, 1.807) is 12.1 Å². The van der Waals surface area contributed by atoms with Crippen molar-refractivity contribution < 1.29 is 19.0 Å². The number of aryl methyl sites for hydroxylation is 1. The first-order valence-electron chi connectivity index (χ1n) is 6.60. The minimum absolute atomic E-state index is 0.216. The summed E-state index contributed by atoms with van der Waals surface area (Å²) in [5.74, 6) is 0.621. The van der Waals surface area contributed by atoms with Gasteiger partial charge in [-0.3, -0.25) is 0 Å². The molecular formula is C17H15NO4. The molecule has 0 saturated carbocycles. The van der Waals surface area contributed by atoms with Crippen molar-refractivity contribution in [1.29, 1.82) is 5.26 Å². The maximum Gasteiger partial charge on any atom is 0.349 e. The van der Waals surface area contributed by atoms with Crippen LogP contribution in [0.3, 0.4) is 0 Å². The first kappa shape index (κ1) is 15.4. The average Bonchev–Trinajstić information content (AvgIpc) is 2.53. The highest BCUT2D eigenvalue weighted by atomic mass is 16.6. The third-order valence-electron chi connectivity index (χ3n) is 2.86. The van der Waals surface area contributed by atoms with Crippen LogP contribution in [-0.2, 0) is 4.79 Å². The summed E-state index contributed by atoms with van der Waals surface area (Å²) in [5.41, 5.74) is 1.47. The van der Waals surface area contributed by atoms with Gasteiger partial charge < -0.3 is 14.2 Å². The van der Waals surface area contributed by atoms with Gasteiger partial charge in [-0.15, -0.1) is 0 Å². The Morgan fingerprint density at radius 2 is 2.00 bits per heavy atom. The minimum atomic E-state index is -0.551. The first-order chi connectivity index (χ1) is 10.6. The zero-order valence-corrected chi connectivity index (χ0v) is 12.3. The second-order valence-corrected chi connectivity index (χ2v) is 4.56. The molecule has 2 aromatic rings. The van der Waals surface area contributed by atoms with Crippen molar-refractivity contribution in [2.24, 2.45) is 0 Å². The van der Waals surface area contributed by atoms with Gasteiger partial charge in [0.15, 0.2) is 18.1 Å². The molecule has 0 aliphatic rings. The predicted molar refractivity (Wildman–Crippen MR) is 80.0 cm³/mol. The molecule has 0 unspecified atom stereocenters. The lowest BCUT2D eigenvalue weighted by Crippen LogP contribution is -2.18. The van der Waals surface area contributed by atoms with E-state index in [1.165, 1.54) is 19.2 Å². The molecule has 112 valence electrons. The monoisotopic (exact) mass is 297 g/mol. The van der Waals surface area contributed by atoms with Crippen molar-refractivity contribution >= 4 is 5.97 Å². The Morgan fingerprint density at radius 3 is 2.68 bits per heavy atom. The molecule has 0 bridgehead atoms. The molecule has 0 heterocycles. The van der Waals surface area contributed by atoms with Crippen molar-refractivity contribution in [2.75, 3.05) is 13.7 Å². The summed E-state index contributed by atoms with van der Waals surface area (Å²) in [6.45, 7) is 1.72. The highest BCUT2D eigenvalue weighted by Crippen LogP contribution is 2.28. The topological polar surface area (TPSA) is 68.5 Å². The fourth-order valence-electron chi connectivity index (χ4n) is 1.82. The number of benzene rings is 2. The SMILES string of the molecule is COc1cc(C#N)ccc1OC(=O)COc1cccc(C)c1. The van der Waals surface area contributed by atoms with E-state index >= 15 is 0 Å². The summed E-state index contributed by atoms with van der Waals surface area (Å²) >= 11 is 0. The Bertz CT molecular complexity index is 719. The molecular weight excluding hydrogens is 282 g/mol. The number of carbonyl (C=O) groups is 1. The molecule has 0 atom stereocenters. The van der Waals surface area contributed by atoms with Gasteiger partial charge in [0.25, 0.3) is 0 Å². The third kappa shape index (κ3) is 4.00. The van der Waals surface area contributed by atoms with Gasteiger partial charge in [0.05, 0.1) is 18.7 Å². The predicted octanol–water partition coefficient (Wildman–Crippen LogP) is 2.86. The minimum Gasteiger partial charge on any atom is -0.493 e. The van der Waals surface area contributed by atoms with Crippen LogP contribution in [0, 0.1) is 18.3 Å². The molecule has 2 aromatic carbocycles. The first-order valence-corrected chi connectivity index (χ1v) is 6.60. The summed E-state index contributed by atoms with van der Waals surface area (Å²) in [5, 5.41) is 8.83. The van der Waals surface area contributed by atoms with Gasteiger partial charge in [0, 0.05) is 6.07 Å². The summed E-state index contributed by atoms with van der Waals surface area (Å²) < 4.78 is 15.7. The zero-order valence-electron chi connectivity index (χ0n) is 12.3. The van der Waals surface area contributed by atoms with Gasteiger partial charge in [-0.25, -0.2) is 4.79 Å². The Kier molecular flexibility index (Phi) is 4.99. The molecule has 0 fully saturated rings. The molecule has 0 saturated heterocycles. The van der Waals surface area contributed by atoms with Crippen molar-refractivity contribution in [3.8, 4) is 23.3 Å². The van der Waals surface area contributed by atoms with Crippen LogP contribution in [0.2, 0.25) is 0 Å². The van der Waals surface area contributed by atoms with Crippen LogP contribution in [0.4, 0.5) is 0 Å². The molecule has 0 aromatic heterocycles. The number of methoxy groups -OCH3 is 1. The van der Waals surface area contributed by atoms with Crippen LogP contribution in [0.25, 0.3) is 0 Å². The van der Waals surface area contributed by atoms with E-state index in [1.807, 2.05) is 31.2 Å². The third-order valence-corrected chi connectivity index (χ3v) is 2.86. The smallest absolute Gasteiger partial charge is 0.349 e. The number of carbonyl (C=O) groups excluding carboxylic acids is 1. The lowest BCUT2D eigenvalue weighted by atomic mass is 10.2. The molecule has 2 rings (SSSR count). The quantitative estimate of drug-likeness (QED) is 0.627. The molecule has 5 nitrogen and oxygen atoms in total. The number of hydrogen-bond donors (Lipinski definition) is 0. The molecule has 0 aliphatic heterocycles. The normalized spacial score (nSPS) is 9.68. The highest BCUT2D eigenvalue weighted by Gasteiger charge is 2.11. The summed E-state index contributed by atoms with van der Waals surface area (Å²) in [4.78, 5) is 11.8. The average molecular weight is 297 g/mol. The van der Waals surface area contributed by atoms with Crippen LogP contribution >= 0.6 is 0 Å². The Morgan fingerprint density at radius 1 is 1.18 bits per heavy atom. The van der Waals surface area contributed by atoms with Crippen molar-refractivity contribution in [3.05, 3.63) is 53.6 Å². The molecule has 0 amide bonds.